The molecule has 30 heteroatoms. The smallest absolute Gasteiger partial charge is 0.269 e. The van der Waals surface area contributed by atoms with Crippen LogP contribution in [0.2, 0.25) is 0 Å². The second-order valence-corrected chi connectivity index (χ2v) is 49.6. The first-order valence-corrected chi connectivity index (χ1v) is 55.1. The summed E-state index contributed by atoms with van der Waals surface area (Å²) < 4.78 is 5.94. The zero-order valence-corrected chi connectivity index (χ0v) is 82.9. The fourth-order valence-electron chi connectivity index (χ4n) is 26.8. The van der Waals surface area contributed by atoms with E-state index in [1.54, 1.807) is 64.3 Å². The Labute approximate surface area is 815 Å². The summed E-state index contributed by atoms with van der Waals surface area (Å²) >= 11 is 27.3. The van der Waals surface area contributed by atoms with Crippen LogP contribution < -0.4 is 29.5 Å². The molecule has 12 aliphatic carbocycles. The molecule has 0 bridgehead atoms. The third-order valence-electron chi connectivity index (χ3n) is 32.5. The Balaban J connectivity index is 0.636. The van der Waals surface area contributed by atoms with Gasteiger partial charge in [-0.25, -0.2) is 9.98 Å². The minimum absolute atomic E-state index is 0.0275. The Morgan fingerprint density at radius 2 is 0.621 bits per heavy atom. The normalized spacial score (nSPS) is 26.7. The van der Waals surface area contributed by atoms with E-state index in [0.29, 0.717) is 96.7 Å². The molecule has 0 atom stereocenters. The van der Waals surface area contributed by atoms with E-state index in [1.165, 1.54) is 149 Å². The summed E-state index contributed by atoms with van der Waals surface area (Å²) in [5, 5.41) is 82.5. The van der Waals surface area contributed by atoms with Crippen molar-refractivity contribution in [2.75, 3.05) is 13.1 Å². The average Bonchev–Trinajstić information content (AvgIpc) is 1.50. The molecule has 18 nitrogen and oxygen atoms in total. The van der Waals surface area contributed by atoms with Crippen LogP contribution >= 0.6 is 139 Å². The monoisotopic (exact) mass is 1950 g/mol. The summed E-state index contributed by atoms with van der Waals surface area (Å²) in [7, 11) is 0. The molecule has 2 amide bonds. The van der Waals surface area contributed by atoms with Gasteiger partial charge in [0.1, 0.15) is 76.5 Å². The number of hydrogen-bond donors (Lipinski definition) is 0. The molecule has 6 saturated carbocycles. The Morgan fingerprint density at radius 3 is 0.879 bits per heavy atom. The van der Waals surface area contributed by atoms with Gasteiger partial charge in [0.2, 0.25) is 11.4 Å². The van der Waals surface area contributed by atoms with E-state index in [0.717, 1.165) is 180 Å². The molecule has 14 aliphatic rings. The molecular weight excluding hydrogens is 1870 g/mol. The molecule has 8 aromatic rings. The molecule has 6 spiro atoms. The molecule has 10 heterocycles. The molecule has 132 heavy (non-hydrogen) atoms. The first-order valence-electron chi connectivity index (χ1n) is 46.1. The second-order valence-electron chi connectivity index (χ2n) is 37.8. The van der Waals surface area contributed by atoms with Crippen molar-refractivity contribution in [3.8, 4) is 48.6 Å². The molecule has 22 rings (SSSR count). The largest absolute Gasteiger partial charge is 0.298 e. The summed E-state index contributed by atoms with van der Waals surface area (Å²) in [6.45, 7) is 9.33. The van der Waals surface area contributed by atoms with Crippen molar-refractivity contribution in [2.45, 2.75) is 240 Å². The Kier molecular flexibility index (Phi) is 22.0. The lowest BCUT2D eigenvalue weighted by Gasteiger charge is -2.46. The lowest BCUT2D eigenvalue weighted by molar-refractivity contribution is -0.122. The molecule has 8 aromatic heterocycles. The van der Waals surface area contributed by atoms with Crippen molar-refractivity contribution in [3.63, 3.8) is 0 Å². The van der Waals surface area contributed by atoms with Gasteiger partial charge in [-0.3, -0.25) is 38.1 Å². The van der Waals surface area contributed by atoms with Crippen LogP contribution in [0.3, 0.4) is 0 Å². The summed E-state index contributed by atoms with van der Waals surface area (Å²) in [6.07, 6.45) is 34.3. The van der Waals surface area contributed by atoms with E-state index in [9.17, 15) is 61.3 Å². The molecule has 2 aliphatic heterocycles. The molecular formula is C102H86N14O4S12. The number of allylic oxidation sites excluding steroid dienone is 6. The molecule has 0 radical (unpaired) electrons. The highest BCUT2D eigenvalue weighted by Gasteiger charge is 2.65. The van der Waals surface area contributed by atoms with Gasteiger partial charge in [-0.05, 0) is 307 Å². The van der Waals surface area contributed by atoms with Crippen molar-refractivity contribution >= 4 is 249 Å². The van der Waals surface area contributed by atoms with Crippen LogP contribution in [0.5, 0.6) is 0 Å². The van der Waals surface area contributed by atoms with Crippen molar-refractivity contribution < 1.29 is 9.59 Å². The van der Waals surface area contributed by atoms with Gasteiger partial charge in [0.25, 0.3) is 22.9 Å². The minimum Gasteiger partial charge on any atom is -0.298 e. The van der Waals surface area contributed by atoms with Gasteiger partial charge in [0, 0.05) is 107 Å². The predicted octanol–water partition coefficient (Wildman–Crippen LogP) is 21.6. The highest BCUT2D eigenvalue weighted by atomic mass is 32.2. The van der Waals surface area contributed by atoms with E-state index in [-0.39, 0.29) is 67.2 Å². The molecule has 8 fully saturated rings. The van der Waals surface area contributed by atoms with E-state index in [4.69, 9.17) is 29.4 Å². The van der Waals surface area contributed by atoms with Crippen LogP contribution in [0.4, 0.5) is 10.0 Å². The van der Waals surface area contributed by atoms with Gasteiger partial charge < -0.3 is 0 Å². The maximum absolute atomic E-state index is 14.7. The molecule has 2 saturated heterocycles. The maximum atomic E-state index is 14.7. The molecule has 0 N–H and O–H groups in total. The number of carbonyl (C=O) groups excluding carboxylic acids is 2. The lowest BCUT2D eigenvalue weighted by atomic mass is 9.58. The van der Waals surface area contributed by atoms with Crippen LogP contribution in [0.1, 0.15) is 277 Å². The second kappa shape index (κ2) is 33.1. The van der Waals surface area contributed by atoms with Crippen LogP contribution in [-0.4, -0.2) is 63.9 Å². The van der Waals surface area contributed by atoms with Gasteiger partial charge >= 0.3 is 0 Å². The van der Waals surface area contributed by atoms with Crippen LogP contribution in [0, 0.1) is 114 Å². The SMILES string of the molecule is CCN1C(=O)/C(=C/c2cc3c(s2)C2=C(c4sc(/C=C5\SC(=S)N(CC)C5=O)cc4C24CCC(C2CCC5(CC2)C2=C(c6sc(/C=c7/sc(=C(C#N)C#N)n(CC)c7=O)cc65)C5(CCC(C6CCC7(CC6)C6=C(c8sc(N=C(C#N)C#N)cc87)C7(CCCCC7)c7cc(N=C(C#N)C#N)sc76)CC5)c5cc(/C=c6/sc(=C(C#N)C#N)n(CC)c6=O)sc52)CC4)C32CCCCC2)SC1=S. The van der Waals surface area contributed by atoms with E-state index in [2.05, 4.69) is 77.8 Å². The number of nitrogens with zero attached hydrogens (tertiary/aromatic N) is 14. The summed E-state index contributed by atoms with van der Waals surface area (Å²) in [4.78, 5) is 83.3. The number of carbonyl (C=O) groups is 2. The fourth-order valence-corrected chi connectivity index (χ4v) is 40.0. The predicted molar refractivity (Wildman–Crippen MR) is 542 cm³/mol. The van der Waals surface area contributed by atoms with Gasteiger partial charge in [0.15, 0.2) is 11.1 Å². The average molecular weight is 1960 g/mol. The van der Waals surface area contributed by atoms with Crippen LogP contribution in [0.25, 0.3) is 68.9 Å². The number of amides is 2. The number of rotatable bonds is 12. The Morgan fingerprint density at radius 1 is 0.356 bits per heavy atom. The van der Waals surface area contributed by atoms with Crippen LogP contribution in [0.15, 0.2) is 65.8 Å². The Hall–Kier alpha value is -9.68. The number of likely N-dealkylation sites (N-methyl/N-ethyl adjacent to an activating group) is 2. The number of aromatic nitrogens is 2. The fraction of sp³-hybridized carbons (Fsp3) is 0.431. The van der Waals surface area contributed by atoms with E-state index in [1.807, 2.05) is 86.8 Å². The van der Waals surface area contributed by atoms with E-state index < -0.39 is 10.8 Å². The third-order valence-corrected chi connectivity index (χ3v) is 44.0. The van der Waals surface area contributed by atoms with Crippen molar-refractivity contribution in [2.24, 2.45) is 33.7 Å². The summed E-state index contributed by atoms with van der Waals surface area (Å²) in [5.74, 6) is 1.59. The zero-order valence-electron chi connectivity index (χ0n) is 73.1. The van der Waals surface area contributed by atoms with Gasteiger partial charge in [-0.2, -0.15) is 42.1 Å². The first-order chi connectivity index (χ1) is 64.1. The number of thioether (sulfide) groups is 2. The summed E-state index contributed by atoms with van der Waals surface area (Å²) in [5.41, 5.74) is 13.6. The topological polar surface area (TPSA) is 300 Å². The minimum atomic E-state index is -0.438. The number of hydrogen-bond acceptors (Lipinski definition) is 26. The number of thiophene rings is 6. The number of thiocarbonyl (C=S) groups is 2. The molecule has 0 aromatic carbocycles. The van der Waals surface area contributed by atoms with Crippen molar-refractivity contribution in [3.05, 3.63) is 167 Å². The number of thiazole rings is 2. The van der Waals surface area contributed by atoms with Gasteiger partial charge in [-0.1, -0.05) is 86.5 Å². The van der Waals surface area contributed by atoms with Crippen molar-refractivity contribution in [1.29, 1.82) is 42.1 Å². The number of nitriles is 8. The lowest BCUT2D eigenvalue weighted by Crippen LogP contribution is -2.37. The van der Waals surface area contributed by atoms with Crippen LogP contribution in [-0.2, 0) is 55.2 Å². The number of fused-ring (bicyclic) bond motifs is 24. The maximum Gasteiger partial charge on any atom is 0.269 e. The summed E-state index contributed by atoms with van der Waals surface area (Å²) in [6, 6.07) is 30.4. The highest BCUT2D eigenvalue weighted by Crippen LogP contribution is 2.77. The molecule has 0 unspecified atom stereocenters. The first kappa shape index (κ1) is 87.6. The highest BCUT2D eigenvalue weighted by molar-refractivity contribution is 8.27. The van der Waals surface area contributed by atoms with Gasteiger partial charge in [-0.15, -0.1) is 90.7 Å². The zero-order chi connectivity index (χ0) is 91.1. The Bertz CT molecular complexity index is 7350. The van der Waals surface area contributed by atoms with E-state index >= 15 is 0 Å². The number of aliphatic imine (C=N–C) groups is 2. The quantitative estimate of drug-likeness (QED) is 0.0623. The third kappa shape index (κ3) is 12.8. The molecule has 660 valence electrons. The van der Waals surface area contributed by atoms with Crippen molar-refractivity contribution in [1.82, 2.24) is 18.9 Å². The standard InChI is InChI=1S/C102H86N14O4S12/c1-5-113-89(117)71(127-93(113)57(45-103)46-104)39-61-36-67-85(123-61)80-79(100(67)29-17-54(18-30-100)53-15-27-99(28-16-53)66-38-64(42-74-92(120)116(8-4)96(122)130-74)126-84(66)77-78(99)83-65(97(77)23-11-9-12-24-97)35-63(125-83)41-73-91(119)115(7-3)95(121)129-73)86-68(37-62(124-86)40-72-90(118)114(6-2)94(128-72)58(47-105)48-106)101(80)31-19-55(20-32-101)56-21-33-102(34-22-56)70-44-76(112-60(51-109)52-110)132-88(70)81-82(102)87-69(98(81)25-13-10-14-26-98)43-75(131-87)111-59(49-107)50-108/h35-44,53-56H,5-34H2,1-4H3/b71-39+,72-40+,73-41-,74-42-. The van der Waals surface area contributed by atoms with Gasteiger partial charge in [0.05, 0.1) is 18.9 Å².